The van der Waals surface area contributed by atoms with E-state index < -0.39 is 16.1 Å². The van der Waals surface area contributed by atoms with Crippen molar-refractivity contribution in [2.75, 3.05) is 24.5 Å². The van der Waals surface area contributed by atoms with E-state index in [-0.39, 0.29) is 36.2 Å². The molecule has 1 aliphatic carbocycles. The number of aromatic hydroxyl groups is 1. The number of hydrogen-bond acceptors (Lipinski definition) is 8. The van der Waals surface area contributed by atoms with E-state index in [2.05, 4.69) is 34.3 Å². The number of phenolic OH excluding ortho intramolecular Hbond substituents is 1. The summed E-state index contributed by atoms with van der Waals surface area (Å²) in [7, 11) is -4.06. The van der Waals surface area contributed by atoms with Crippen LogP contribution in [0.3, 0.4) is 0 Å². The predicted octanol–water partition coefficient (Wildman–Crippen LogP) is 4.75. The third-order valence-electron chi connectivity index (χ3n) is 8.19. The van der Waals surface area contributed by atoms with Gasteiger partial charge in [-0.2, -0.15) is 4.31 Å². The van der Waals surface area contributed by atoms with Crippen molar-refractivity contribution < 1.29 is 18.3 Å². The third kappa shape index (κ3) is 6.85. The zero-order chi connectivity index (χ0) is 32.1. The Morgan fingerprint density at radius 1 is 1.00 bits per heavy atom. The average Bonchev–Trinajstić information content (AvgIpc) is 3.35. The molecule has 6 rings (SSSR count). The molecule has 1 aliphatic heterocycles. The molecule has 1 saturated heterocycles. The van der Waals surface area contributed by atoms with Gasteiger partial charge in [0.05, 0.1) is 22.8 Å². The van der Waals surface area contributed by atoms with Crippen LogP contribution in [0.25, 0.3) is 16.6 Å². The second kappa shape index (κ2) is 13.6. The second-order valence-electron chi connectivity index (χ2n) is 11.3. The molecule has 2 N–H and O–H groups in total. The van der Waals surface area contributed by atoms with Gasteiger partial charge >= 0.3 is 0 Å². The topological polar surface area (TPSA) is 129 Å². The van der Waals surface area contributed by atoms with Gasteiger partial charge in [-0.15, -0.1) is 0 Å². The van der Waals surface area contributed by atoms with Gasteiger partial charge in [-0.3, -0.25) is 9.78 Å². The van der Waals surface area contributed by atoms with Gasteiger partial charge in [0.1, 0.15) is 23.1 Å². The fourth-order valence-corrected chi connectivity index (χ4v) is 7.37. The number of carbonyl (C=O) groups excluding carboxylic acids is 1. The number of aryl methyl sites for hydroxylation is 1. The molecule has 10 nitrogen and oxygen atoms in total. The molecule has 0 radical (unpaired) electrons. The lowest BCUT2D eigenvalue weighted by atomic mass is 10.0. The van der Waals surface area contributed by atoms with Crippen molar-refractivity contribution in [3.8, 4) is 5.75 Å². The van der Waals surface area contributed by atoms with Crippen molar-refractivity contribution in [1.82, 2.24) is 24.6 Å². The number of phenols is 1. The molecule has 2 aliphatic rings. The van der Waals surface area contributed by atoms with Crippen LogP contribution in [0.1, 0.15) is 36.5 Å². The Morgan fingerprint density at radius 3 is 2.63 bits per heavy atom. The van der Waals surface area contributed by atoms with Crippen molar-refractivity contribution >= 4 is 38.4 Å². The number of piperazine rings is 1. The number of carbonyl (C=O) groups is 1. The monoisotopic (exact) mass is 636 g/mol. The van der Waals surface area contributed by atoms with E-state index in [9.17, 15) is 18.3 Å². The van der Waals surface area contributed by atoms with Gasteiger partial charge in [0, 0.05) is 32.4 Å². The van der Waals surface area contributed by atoms with Crippen LogP contribution in [-0.2, 0) is 27.8 Å². The summed E-state index contributed by atoms with van der Waals surface area (Å²) >= 11 is 0. The summed E-state index contributed by atoms with van der Waals surface area (Å²) in [6, 6.07) is 15.7. The largest absolute Gasteiger partial charge is 0.508 e. The Labute approximate surface area is 268 Å². The van der Waals surface area contributed by atoms with E-state index in [4.69, 9.17) is 4.98 Å². The standard InChI is InChI=1S/C35H36N6O4S/c1-2-5-25-10-12-26(13-11-25)21-38-35(43)33-24-40(34-23-37-32-22-36-17-16-31(32)39-34)18-19-41(33)46(44,45)30-9-4-6-27(14-15-30)28-7-3-8-29(42)20-28/h3,6-17,20,22-23,33,42H,2,4-5,18-19,21,24H2,1H3,(H,38,43)/t33-/m1/s1. The van der Waals surface area contributed by atoms with E-state index in [0.29, 0.717) is 29.8 Å². The summed E-state index contributed by atoms with van der Waals surface area (Å²) < 4.78 is 29.7. The van der Waals surface area contributed by atoms with Crippen LogP contribution in [-0.4, -0.2) is 64.4 Å². The molecule has 0 bridgehead atoms. The first-order valence-electron chi connectivity index (χ1n) is 15.4. The van der Waals surface area contributed by atoms with Crippen LogP contribution >= 0.6 is 0 Å². The molecule has 236 valence electrons. The minimum Gasteiger partial charge on any atom is -0.508 e. The van der Waals surface area contributed by atoms with Crippen LogP contribution in [0.15, 0.2) is 102 Å². The fourth-order valence-electron chi connectivity index (χ4n) is 5.74. The van der Waals surface area contributed by atoms with E-state index in [1.165, 1.54) is 9.87 Å². The van der Waals surface area contributed by atoms with Crippen molar-refractivity contribution in [2.45, 2.75) is 38.8 Å². The number of allylic oxidation sites excluding steroid dienone is 5. The maximum atomic E-state index is 14.2. The van der Waals surface area contributed by atoms with Gasteiger partial charge in [0.2, 0.25) is 15.9 Å². The first-order chi connectivity index (χ1) is 22.3. The first-order valence-corrected chi connectivity index (χ1v) is 16.8. The summed E-state index contributed by atoms with van der Waals surface area (Å²) in [5, 5.41) is 12.9. The molecule has 0 spiro atoms. The summed E-state index contributed by atoms with van der Waals surface area (Å²) in [6.07, 6.45) is 14.2. The summed E-state index contributed by atoms with van der Waals surface area (Å²) in [5.74, 6) is 0.308. The minimum atomic E-state index is -4.06. The Bertz CT molecular complexity index is 1940. The maximum absolute atomic E-state index is 14.2. The molecule has 0 unspecified atom stereocenters. The maximum Gasteiger partial charge on any atom is 0.243 e. The Hall–Kier alpha value is -4.87. The predicted molar refractivity (Wildman–Crippen MR) is 179 cm³/mol. The highest BCUT2D eigenvalue weighted by Gasteiger charge is 2.41. The van der Waals surface area contributed by atoms with Crippen LogP contribution in [0.2, 0.25) is 0 Å². The third-order valence-corrected chi connectivity index (χ3v) is 10.1. The van der Waals surface area contributed by atoms with E-state index in [1.54, 1.807) is 61.1 Å². The Balaban J connectivity index is 1.25. The molecule has 0 saturated carbocycles. The molecule has 2 aromatic carbocycles. The quantitative estimate of drug-likeness (QED) is 0.270. The molecule has 1 atom stereocenters. The van der Waals surface area contributed by atoms with Crippen molar-refractivity contribution in [2.24, 2.45) is 0 Å². The Morgan fingerprint density at radius 2 is 1.83 bits per heavy atom. The number of nitrogens with one attached hydrogen (secondary N) is 1. The number of anilines is 1. The number of aromatic nitrogens is 3. The van der Waals surface area contributed by atoms with Gasteiger partial charge in [-0.05, 0) is 59.4 Å². The fraction of sp³-hybridized carbons (Fsp3) is 0.257. The highest BCUT2D eigenvalue weighted by atomic mass is 32.2. The van der Waals surface area contributed by atoms with E-state index in [0.717, 1.165) is 29.5 Å². The highest BCUT2D eigenvalue weighted by molar-refractivity contribution is 7.93. The lowest BCUT2D eigenvalue weighted by molar-refractivity contribution is -0.125. The highest BCUT2D eigenvalue weighted by Crippen LogP contribution is 2.29. The number of benzene rings is 2. The van der Waals surface area contributed by atoms with Crippen molar-refractivity contribution in [3.63, 3.8) is 0 Å². The van der Waals surface area contributed by atoms with Gasteiger partial charge < -0.3 is 15.3 Å². The van der Waals surface area contributed by atoms with Gasteiger partial charge in [0.15, 0.2) is 0 Å². The number of amides is 1. The lowest BCUT2D eigenvalue weighted by Gasteiger charge is -2.40. The summed E-state index contributed by atoms with van der Waals surface area (Å²) in [6.45, 7) is 2.93. The molecule has 1 amide bonds. The smallest absolute Gasteiger partial charge is 0.243 e. The molecule has 11 heteroatoms. The number of fused-ring (bicyclic) bond motifs is 1. The van der Waals surface area contributed by atoms with Crippen LogP contribution in [0.5, 0.6) is 5.75 Å². The SMILES string of the molecule is CCCc1ccc(CNC(=O)[C@H]2CN(c3cnc4cnccc4n3)CCN2S(=O)(=O)C2=CCC=C(c3cccc(O)c3)C=C2)cc1. The van der Waals surface area contributed by atoms with E-state index in [1.807, 2.05) is 29.2 Å². The molecular formula is C35H36N6O4S. The summed E-state index contributed by atoms with van der Waals surface area (Å²) in [5.41, 5.74) is 5.06. The zero-order valence-electron chi connectivity index (χ0n) is 25.6. The summed E-state index contributed by atoms with van der Waals surface area (Å²) in [4.78, 5) is 29.2. The van der Waals surface area contributed by atoms with E-state index >= 15 is 0 Å². The van der Waals surface area contributed by atoms with Gasteiger partial charge in [-0.25, -0.2) is 18.4 Å². The van der Waals surface area contributed by atoms with Crippen LogP contribution < -0.4 is 10.2 Å². The first kappa shape index (κ1) is 31.1. The molecule has 4 aromatic rings. The van der Waals surface area contributed by atoms with Crippen LogP contribution in [0, 0.1) is 0 Å². The van der Waals surface area contributed by atoms with Gasteiger partial charge in [-0.1, -0.05) is 68.0 Å². The molecule has 3 heterocycles. The Kier molecular flexibility index (Phi) is 9.23. The van der Waals surface area contributed by atoms with Crippen LogP contribution in [0.4, 0.5) is 5.82 Å². The van der Waals surface area contributed by atoms with Crippen molar-refractivity contribution in [1.29, 1.82) is 0 Å². The molecule has 1 fully saturated rings. The van der Waals surface area contributed by atoms with Gasteiger partial charge in [0.25, 0.3) is 0 Å². The molecule has 46 heavy (non-hydrogen) atoms. The number of nitrogens with zero attached hydrogens (tertiary/aromatic N) is 5. The number of pyridine rings is 1. The molecular weight excluding hydrogens is 600 g/mol. The number of rotatable bonds is 9. The second-order valence-corrected chi connectivity index (χ2v) is 13.2. The number of sulfonamides is 1. The number of hydrogen-bond donors (Lipinski definition) is 2. The minimum absolute atomic E-state index is 0.0836. The molecule has 2 aromatic heterocycles. The normalized spacial score (nSPS) is 17.3. The van der Waals surface area contributed by atoms with Crippen molar-refractivity contribution in [3.05, 3.63) is 119 Å². The average molecular weight is 637 g/mol. The lowest BCUT2D eigenvalue weighted by Crippen LogP contribution is -2.60. The zero-order valence-corrected chi connectivity index (χ0v) is 26.4.